The van der Waals surface area contributed by atoms with Gasteiger partial charge in [0.1, 0.15) is 22.9 Å². The van der Waals surface area contributed by atoms with Crippen molar-refractivity contribution < 1.29 is 33.3 Å². The Labute approximate surface area is 342 Å². The molecule has 0 atom stereocenters. The highest BCUT2D eigenvalue weighted by Crippen LogP contribution is 2.42. The zero-order valence-corrected chi connectivity index (χ0v) is 33.4. The highest BCUT2D eigenvalue weighted by atomic mass is 127. The van der Waals surface area contributed by atoms with Gasteiger partial charge in [-0.2, -0.15) is 14.4 Å². The van der Waals surface area contributed by atoms with Crippen LogP contribution < -0.4 is 26.0 Å². The summed E-state index contributed by atoms with van der Waals surface area (Å²) in [4.78, 5) is 39.6. The summed E-state index contributed by atoms with van der Waals surface area (Å²) in [6, 6.07) is 17.5. The number of nitrogens with zero attached hydrogens (tertiary/aromatic N) is 5. The predicted molar refractivity (Wildman–Crippen MR) is 224 cm³/mol. The molecule has 8 rings (SSSR count). The third-order valence-electron chi connectivity index (χ3n) is 9.48. The Kier molecular flexibility index (Phi) is 10.0. The van der Waals surface area contributed by atoms with Crippen LogP contribution in [0, 0.1) is 15.6 Å². The van der Waals surface area contributed by atoms with E-state index in [1.807, 2.05) is 30.9 Å². The van der Waals surface area contributed by atoms with Crippen molar-refractivity contribution in [2.75, 3.05) is 30.9 Å². The zero-order valence-electron chi connectivity index (χ0n) is 30.4. The van der Waals surface area contributed by atoms with Crippen LogP contribution in [0.1, 0.15) is 35.6 Å². The number of aromatic hydroxyl groups is 1. The molecule has 1 aliphatic carbocycles. The molecule has 57 heavy (non-hydrogen) atoms. The number of hydrogen-bond donors (Lipinski definition) is 4. The first-order valence-corrected chi connectivity index (χ1v) is 19.2. The molecule has 0 unspecified atom stereocenters. The number of fused-ring (bicyclic) bond motifs is 4. The van der Waals surface area contributed by atoms with Gasteiger partial charge in [0.2, 0.25) is 6.79 Å². The average Bonchev–Trinajstić information content (AvgIpc) is 3.75. The first kappa shape index (κ1) is 37.8. The van der Waals surface area contributed by atoms with Gasteiger partial charge in [0, 0.05) is 64.0 Å². The number of carboxylic acid groups (broad SMARTS) is 1. The van der Waals surface area contributed by atoms with Gasteiger partial charge in [-0.25, -0.2) is 9.78 Å². The van der Waals surface area contributed by atoms with Crippen molar-refractivity contribution in [3.63, 3.8) is 0 Å². The first-order valence-electron chi connectivity index (χ1n) is 17.7. The maximum Gasteiger partial charge on any atom is 0.336 e. The topological polar surface area (TPSA) is 191 Å². The minimum Gasteiger partial charge on any atom is -0.508 e. The Morgan fingerprint density at radius 2 is 1.82 bits per heavy atom. The van der Waals surface area contributed by atoms with Gasteiger partial charge in [0.25, 0.3) is 0 Å². The molecule has 5 N–H and O–H groups in total. The van der Waals surface area contributed by atoms with Crippen molar-refractivity contribution in [1.82, 2.24) is 24.4 Å². The third kappa shape index (κ3) is 7.46. The molecule has 2 aromatic heterocycles. The summed E-state index contributed by atoms with van der Waals surface area (Å²) < 4.78 is 34.4. The number of halogens is 2. The van der Waals surface area contributed by atoms with Gasteiger partial charge < -0.3 is 44.6 Å². The van der Waals surface area contributed by atoms with E-state index in [1.54, 1.807) is 28.8 Å². The molecule has 3 aromatic carbocycles. The number of nitrogen functional groups attached to an aromatic ring is 1. The lowest BCUT2D eigenvalue weighted by atomic mass is 9.90. The highest BCUT2D eigenvalue weighted by Gasteiger charge is 2.25. The second kappa shape index (κ2) is 15.1. The van der Waals surface area contributed by atoms with Gasteiger partial charge in [-0.05, 0) is 100 Å². The molecule has 0 saturated heterocycles. The standard InChI is InChI=1S/C40H33FIN7O7S/c1-19(2)17-48(9-10-49-33(45-35-36(43)46-39(41)47-37(35)49)12-20-11-31-32(16-28(20)42)55-18-54-31)40(57)44-21-3-6-24(27(13-21)38(52)53)34-25-7-4-22(50)14-29(25)56-30-15-23(51)5-8-26(30)34/h3-8,11,13-16,19,50H,9-10,12,17-18H2,1-2H3,(H,44,57)(H,52,53)(H2,43,46,47). The molecular weight excluding hydrogens is 868 g/mol. The number of benzene rings is 4. The van der Waals surface area contributed by atoms with Crippen LogP contribution in [-0.2, 0) is 13.0 Å². The van der Waals surface area contributed by atoms with Gasteiger partial charge in [-0.3, -0.25) is 4.79 Å². The minimum absolute atomic E-state index is 0.0294. The Morgan fingerprint density at radius 3 is 2.60 bits per heavy atom. The molecule has 0 saturated carbocycles. The van der Waals surface area contributed by atoms with Gasteiger partial charge >= 0.3 is 12.0 Å². The Balaban J connectivity index is 1.11. The molecule has 2 aliphatic heterocycles. The van der Waals surface area contributed by atoms with Gasteiger partial charge in [-0.1, -0.05) is 19.9 Å². The number of phenols is 1. The summed E-state index contributed by atoms with van der Waals surface area (Å²) in [5.41, 5.74) is 9.38. The summed E-state index contributed by atoms with van der Waals surface area (Å²) in [6.07, 6.45) is -0.624. The smallest absolute Gasteiger partial charge is 0.336 e. The Morgan fingerprint density at radius 1 is 1.05 bits per heavy atom. The van der Waals surface area contributed by atoms with Crippen LogP contribution in [0.15, 0.2) is 75.9 Å². The van der Waals surface area contributed by atoms with Crippen molar-refractivity contribution in [2.45, 2.75) is 26.8 Å². The van der Waals surface area contributed by atoms with Crippen molar-refractivity contribution in [1.29, 1.82) is 0 Å². The summed E-state index contributed by atoms with van der Waals surface area (Å²) in [5.74, 6) is 0.957. The van der Waals surface area contributed by atoms with Crippen molar-refractivity contribution in [3.8, 4) is 39.7 Å². The van der Waals surface area contributed by atoms with Crippen LogP contribution >= 0.6 is 34.8 Å². The number of carboxylic acids is 1. The van der Waals surface area contributed by atoms with E-state index in [-0.39, 0.29) is 64.3 Å². The molecule has 0 spiro atoms. The van der Waals surface area contributed by atoms with E-state index in [1.165, 1.54) is 30.3 Å². The molecule has 0 bridgehead atoms. The largest absolute Gasteiger partial charge is 0.508 e. The number of thiocarbonyl (C=S) groups is 1. The molecule has 17 heteroatoms. The number of phenolic OH excluding ortho intramolecular Hbond substituents is 1. The lowest BCUT2D eigenvalue weighted by Crippen LogP contribution is -2.39. The average molecular weight is 902 g/mol. The number of imidazole rings is 1. The summed E-state index contributed by atoms with van der Waals surface area (Å²) in [7, 11) is 0. The molecular formula is C40H33FIN7O7S. The number of nitrogens with two attached hydrogens (primary N) is 1. The number of aromatic nitrogens is 4. The van der Waals surface area contributed by atoms with E-state index in [0.29, 0.717) is 69.7 Å². The fraction of sp³-hybridized carbons (Fsp3) is 0.200. The maximum atomic E-state index is 14.6. The van der Waals surface area contributed by atoms with E-state index in [9.17, 15) is 24.2 Å². The van der Waals surface area contributed by atoms with E-state index in [2.05, 4.69) is 37.9 Å². The van der Waals surface area contributed by atoms with Crippen molar-refractivity contribution in [2.24, 2.45) is 5.92 Å². The van der Waals surface area contributed by atoms with Gasteiger partial charge in [-0.15, -0.1) is 0 Å². The lowest BCUT2D eigenvalue weighted by molar-refractivity contribution is 0.0697. The first-order chi connectivity index (χ1) is 27.3. The summed E-state index contributed by atoms with van der Waals surface area (Å²) in [6.45, 7) is 5.39. The minimum atomic E-state index is -1.19. The van der Waals surface area contributed by atoms with Gasteiger partial charge in [0.05, 0.1) is 5.56 Å². The second-order valence-corrected chi connectivity index (χ2v) is 15.4. The fourth-order valence-electron chi connectivity index (χ4n) is 6.98. The molecule has 5 aromatic rings. The molecule has 0 amide bonds. The third-order valence-corrected chi connectivity index (χ3v) is 10.8. The molecule has 0 fully saturated rings. The van der Waals surface area contributed by atoms with Crippen LogP contribution in [0.3, 0.4) is 0 Å². The predicted octanol–water partition coefficient (Wildman–Crippen LogP) is 7.11. The molecule has 14 nitrogen and oxygen atoms in total. The number of carbonyl (C=O) groups is 1. The highest BCUT2D eigenvalue weighted by molar-refractivity contribution is 14.1. The quantitative estimate of drug-likeness (QED) is 0.0470. The van der Waals surface area contributed by atoms with Gasteiger partial charge in [0.15, 0.2) is 39.0 Å². The molecule has 3 aliphatic rings. The molecule has 4 heterocycles. The van der Waals surface area contributed by atoms with Crippen LogP contribution in [-0.4, -0.2) is 65.6 Å². The number of anilines is 2. The van der Waals surface area contributed by atoms with Crippen LogP contribution in [0.25, 0.3) is 44.6 Å². The normalized spacial score (nSPS) is 12.2. The molecule has 290 valence electrons. The lowest BCUT2D eigenvalue weighted by Gasteiger charge is -2.28. The Bertz CT molecular complexity index is 2790. The number of rotatable bonds is 10. The van der Waals surface area contributed by atoms with Crippen LogP contribution in [0.2, 0.25) is 0 Å². The van der Waals surface area contributed by atoms with E-state index in [0.717, 1.165) is 9.13 Å². The number of nitrogens with one attached hydrogen (secondary N) is 1. The monoisotopic (exact) mass is 901 g/mol. The number of hydrogen-bond acceptors (Lipinski definition) is 11. The van der Waals surface area contributed by atoms with E-state index < -0.39 is 12.0 Å². The molecule has 0 radical (unpaired) electrons. The summed E-state index contributed by atoms with van der Waals surface area (Å²) >= 11 is 8.17. The van der Waals surface area contributed by atoms with Crippen LogP contribution in [0.5, 0.6) is 17.2 Å². The van der Waals surface area contributed by atoms with Crippen molar-refractivity contribution >= 4 is 79.5 Å². The Hall–Kier alpha value is -6.08. The fourth-order valence-corrected chi connectivity index (χ4v) is 7.89. The van der Waals surface area contributed by atoms with E-state index in [4.69, 9.17) is 36.8 Å². The summed E-state index contributed by atoms with van der Waals surface area (Å²) in [5, 5.41) is 24.8. The van der Waals surface area contributed by atoms with Crippen LogP contribution in [0.4, 0.5) is 15.9 Å². The number of aromatic carboxylic acids is 1. The number of ether oxygens (including phenoxy) is 2. The zero-order chi connectivity index (χ0) is 40.1. The second-order valence-electron chi connectivity index (χ2n) is 13.9. The van der Waals surface area contributed by atoms with Crippen molar-refractivity contribution in [3.05, 3.63) is 104 Å². The SMILES string of the molecule is CC(C)CN(CCn1c(Cc2cc3c(cc2I)OCO3)nc2c(N)nc(F)nc21)C(=S)Nc1ccc(-c2c3ccc(=O)cc-3oc3cc(O)ccc23)c(C(=O)O)c1. The van der Waals surface area contributed by atoms with E-state index >= 15 is 0 Å². The maximum absolute atomic E-state index is 14.6.